The van der Waals surface area contributed by atoms with Crippen LogP contribution in [-0.4, -0.2) is 6.61 Å². The van der Waals surface area contributed by atoms with Crippen LogP contribution < -0.4 is 10.5 Å². The predicted molar refractivity (Wildman–Crippen MR) is 73.8 cm³/mol. The van der Waals surface area contributed by atoms with Crippen LogP contribution in [0.25, 0.3) is 0 Å². The Morgan fingerprint density at radius 2 is 2.33 bits per heavy atom. The molecule has 1 saturated carbocycles. The first kappa shape index (κ1) is 12.0. The van der Waals surface area contributed by atoms with E-state index in [2.05, 4.69) is 25.1 Å². The summed E-state index contributed by atoms with van der Waals surface area (Å²) >= 11 is 0. The highest BCUT2D eigenvalue weighted by Crippen LogP contribution is 2.40. The second-order valence-electron chi connectivity index (χ2n) is 5.95. The van der Waals surface area contributed by atoms with Crippen LogP contribution in [0.15, 0.2) is 18.2 Å². The number of rotatable bonds is 2. The van der Waals surface area contributed by atoms with Crippen molar-refractivity contribution in [3.05, 3.63) is 29.3 Å². The highest BCUT2D eigenvalue weighted by Gasteiger charge is 2.34. The largest absolute Gasteiger partial charge is 0.493 e. The van der Waals surface area contributed by atoms with Gasteiger partial charge in [-0.15, -0.1) is 0 Å². The molecule has 0 radical (unpaired) electrons. The molecule has 0 bridgehead atoms. The summed E-state index contributed by atoms with van der Waals surface area (Å²) in [5.41, 5.74) is 9.27. The molecule has 1 aromatic rings. The number of benzene rings is 1. The summed E-state index contributed by atoms with van der Waals surface area (Å²) in [4.78, 5) is 0. The Morgan fingerprint density at radius 1 is 1.44 bits per heavy atom. The fraction of sp³-hybridized carbons (Fsp3) is 0.625. The normalized spacial score (nSPS) is 30.9. The van der Waals surface area contributed by atoms with Crippen molar-refractivity contribution in [3.63, 3.8) is 0 Å². The van der Waals surface area contributed by atoms with E-state index in [4.69, 9.17) is 10.5 Å². The highest BCUT2D eigenvalue weighted by atomic mass is 16.5. The zero-order chi connectivity index (χ0) is 12.6. The molecule has 0 spiro atoms. The molecule has 1 aromatic carbocycles. The molecule has 1 aliphatic carbocycles. The Kier molecular flexibility index (Phi) is 3.06. The maximum atomic E-state index is 6.70. The van der Waals surface area contributed by atoms with Crippen LogP contribution in [0.1, 0.15) is 50.2 Å². The van der Waals surface area contributed by atoms with Crippen LogP contribution in [0.2, 0.25) is 0 Å². The van der Waals surface area contributed by atoms with E-state index in [1.165, 1.54) is 30.4 Å². The van der Waals surface area contributed by atoms with E-state index in [1.54, 1.807) is 0 Å². The lowest BCUT2D eigenvalue weighted by Gasteiger charge is -2.38. The Hall–Kier alpha value is -1.02. The molecule has 0 amide bonds. The number of ether oxygens (including phenoxy) is 1. The lowest BCUT2D eigenvalue weighted by atomic mass is 9.71. The summed E-state index contributed by atoms with van der Waals surface area (Å²) in [5.74, 6) is 1.86. The molecule has 2 aliphatic rings. The number of hydrogen-bond donors (Lipinski definition) is 1. The van der Waals surface area contributed by atoms with Crippen LogP contribution in [0.3, 0.4) is 0 Å². The molecule has 2 unspecified atom stereocenters. The van der Waals surface area contributed by atoms with Gasteiger partial charge < -0.3 is 10.5 Å². The summed E-state index contributed by atoms with van der Waals surface area (Å²) in [5, 5.41) is 0. The number of fused-ring (bicyclic) bond motifs is 1. The first-order valence-electron chi connectivity index (χ1n) is 7.26. The third kappa shape index (κ3) is 2.03. The second-order valence-corrected chi connectivity index (χ2v) is 5.95. The van der Waals surface area contributed by atoms with Crippen LogP contribution in [-0.2, 0) is 12.0 Å². The monoisotopic (exact) mass is 245 g/mol. The van der Waals surface area contributed by atoms with Crippen molar-refractivity contribution < 1.29 is 4.74 Å². The Bertz CT molecular complexity index is 443. The van der Waals surface area contributed by atoms with E-state index in [-0.39, 0.29) is 5.54 Å². The van der Waals surface area contributed by atoms with Gasteiger partial charge in [0.2, 0.25) is 0 Å². The van der Waals surface area contributed by atoms with Gasteiger partial charge in [0.25, 0.3) is 0 Å². The van der Waals surface area contributed by atoms with Crippen molar-refractivity contribution in [1.29, 1.82) is 0 Å². The zero-order valence-corrected chi connectivity index (χ0v) is 11.2. The van der Waals surface area contributed by atoms with Gasteiger partial charge in [-0.2, -0.15) is 0 Å². The molecular formula is C16H23NO. The number of hydrogen-bond acceptors (Lipinski definition) is 2. The summed E-state index contributed by atoms with van der Waals surface area (Å²) < 4.78 is 5.58. The van der Waals surface area contributed by atoms with E-state index in [9.17, 15) is 0 Å². The summed E-state index contributed by atoms with van der Waals surface area (Å²) in [6.45, 7) is 3.11. The molecule has 2 N–H and O–H groups in total. The van der Waals surface area contributed by atoms with Gasteiger partial charge in [0, 0.05) is 12.0 Å². The molecule has 0 aromatic heterocycles. The van der Waals surface area contributed by atoms with Gasteiger partial charge in [0.05, 0.1) is 6.61 Å². The molecule has 2 heteroatoms. The van der Waals surface area contributed by atoms with Gasteiger partial charge in [-0.05, 0) is 36.0 Å². The third-order valence-corrected chi connectivity index (χ3v) is 4.73. The van der Waals surface area contributed by atoms with Gasteiger partial charge in [-0.25, -0.2) is 0 Å². The average molecular weight is 245 g/mol. The number of nitrogens with two attached hydrogens (primary N) is 1. The molecular weight excluding hydrogens is 222 g/mol. The maximum absolute atomic E-state index is 6.70. The average Bonchev–Trinajstić information content (AvgIpc) is 2.86. The second kappa shape index (κ2) is 4.58. The summed E-state index contributed by atoms with van der Waals surface area (Å²) in [7, 11) is 0. The first-order valence-corrected chi connectivity index (χ1v) is 7.26. The van der Waals surface area contributed by atoms with Gasteiger partial charge in [-0.1, -0.05) is 38.3 Å². The minimum absolute atomic E-state index is 0.101. The first-order chi connectivity index (χ1) is 8.71. The summed E-state index contributed by atoms with van der Waals surface area (Å²) in [6, 6.07) is 6.59. The molecule has 2 nitrogen and oxygen atoms in total. The van der Waals surface area contributed by atoms with Crippen LogP contribution >= 0.6 is 0 Å². The smallest absolute Gasteiger partial charge is 0.122 e. The predicted octanol–water partition coefficient (Wildman–Crippen LogP) is 3.38. The van der Waals surface area contributed by atoms with Crippen molar-refractivity contribution in [2.75, 3.05) is 6.61 Å². The quantitative estimate of drug-likeness (QED) is 0.867. The topological polar surface area (TPSA) is 35.2 Å². The fourth-order valence-electron chi connectivity index (χ4n) is 3.53. The Balaban J connectivity index is 1.88. The van der Waals surface area contributed by atoms with Crippen molar-refractivity contribution >= 4 is 0 Å². The van der Waals surface area contributed by atoms with Crippen LogP contribution in [0.5, 0.6) is 5.75 Å². The van der Waals surface area contributed by atoms with Crippen molar-refractivity contribution in [2.45, 2.75) is 51.0 Å². The molecule has 1 aliphatic heterocycles. The SMILES string of the molecule is CCC1CCCC(N)(c2ccc3c(c2)CCO3)C1. The Morgan fingerprint density at radius 3 is 3.17 bits per heavy atom. The van der Waals surface area contributed by atoms with Gasteiger partial charge in [0.15, 0.2) is 0 Å². The lowest BCUT2D eigenvalue weighted by molar-refractivity contribution is 0.221. The van der Waals surface area contributed by atoms with E-state index < -0.39 is 0 Å². The maximum Gasteiger partial charge on any atom is 0.122 e. The van der Waals surface area contributed by atoms with Crippen LogP contribution in [0.4, 0.5) is 0 Å². The van der Waals surface area contributed by atoms with Crippen molar-refractivity contribution in [3.8, 4) is 5.75 Å². The lowest BCUT2D eigenvalue weighted by Crippen LogP contribution is -2.41. The van der Waals surface area contributed by atoms with E-state index in [0.29, 0.717) is 0 Å². The van der Waals surface area contributed by atoms with E-state index in [1.807, 2.05) is 0 Å². The van der Waals surface area contributed by atoms with E-state index in [0.717, 1.165) is 37.5 Å². The minimum Gasteiger partial charge on any atom is -0.493 e. The third-order valence-electron chi connectivity index (χ3n) is 4.73. The van der Waals surface area contributed by atoms with Gasteiger partial charge in [-0.3, -0.25) is 0 Å². The van der Waals surface area contributed by atoms with Gasteiger partial charge in [0.1, 0.15) is 5.75 Å². The highest BCUT2D eigenvalue weighted by molar-refractivity contribution is 5.42. The molecule has 98 valence electrons. The molecule has 2 atom stereocenters. The molecule has 1 fully saturated rings. The standard InChI is InChI=1S/C16H23NO/c1-2-12-4-3-8-16(17,11-12)14-5-6-15-13(10-14)7-9-18-15/h5-6,10,12H,2-4,7-9,11,17H2,1H3. The van der Waals surface area contributed by atoms with Crippen LogP contribution in [0, 0.1) is 5.92 Å². The van der Waals surface area contributed by atoms with Gasteiger partial charge >= 0.3 is 0 Å². The Labute approximate surface area is 110 Å². The molecule has 18 heavy (non-hydrogen) atoms. The fourth-order valence-corrected chi connectivity index (χ4v) is 3.53. The molecule has 1 heterocycles. The minimum atomic E-state index is -0.101. The zero-order valence-electron chi connectivity index (χ0n) is 11.2. The van der Waals surface area contributed by atoms with Crippen molar-refractivity contribution in [2.24, 2.45) is 11.7 Å². The van der Waals surface area contributed by atoms with E-state index >= 15 is 0 Å². The summed E-state index contributed by atoms with van der Waals surface area (Å²) in [6.07, 6.45) is 7.18. The molecule has 0 saturated heterocycles. The molecule has 3 rings (SSSR count). The van der Waals surface area contributed by atoms with Crippen molar-refractivity contribution in [1.82, 2.24) is 0 Å².